The molecule has 0 radical (unpaired) electrons. The van der Waals surface area contributed by atoms with Crippen LogP contribution in [0.5, 0.6) is 5.75 Å². The van der Waals surface area contributed by atoms with Gasteiger partial charge in [-0.25, -0.2) is 0 Å². The van der Waals surface area contributed by atoms with Gasteiger partial charge in [-0.2, -0.15) is 11.8 Å². The molecule has 0 fully saturated rings. The summed E-state index contributed by atoms with van der Waals surface area (Å²) >= 11 is 11.1. The first-order chi connectivity index (χ1) is 11.1. The minimum absolute atomic E-state index is 0.0370. The zero-order valence-electron chi connectivity index (χ0n) is 12.4. The van der Waals surface area contributed by atoms with Gasteiger partial charge in [-0.05, 0) is 23.8 Å². The quantitative estimate of drug-likeness (QED) is 0.645. The molecule has 0 saturated heterocycles. The first-order valence-corrected chi connectivity index (χ1v) is 9.44. The summed E-state index contributed by atoms with van der Waals surface area (Å²) in [5.41, 5.74) is 1.29. The molecule has 0 heterocycles. The topological polar surface area (TPSA) is 38.3 Å². The van der Waals surface area contributed by atoms with Crippen LogP contribution in [-0.2, 0) is 10.5 Å². The lowest BCUT2D eigenvalue weighted by Gasteiger charge is -2.09. The van der Waals surface area contributed by atoms with E-state index in [2.05, 4.69) is 33.4 Å². The monoisotopic (exact) mass is 413 g/mol. The van der Waals surface area contributed by atoms with Crippen LogP contribution in [0, 0.1) is 0 Å². The van der Waals surface area contributed by atoms with Gasteiger partial charge in [-0.3, -0.25) is 4.79 Å². The molecule has 122 valence electrons. The molecular weight excluding hydrogens is 398 g/mol. The number of nitrogens with one attached hydrogen (secondary N) is 1. The molecule has 0 aliphatic rings. The van der Waals surface area contributed by atoms with Crippen LogP contribution in [0.15, 0.2) is 53.0 Å². The summed E-state index contributed by atoms with van der Waals surface area (Å²) < 4.78 is 6.28. The zero-order valence-corrected chi connectivity index (χ0v) is 15.6. The van der Waals surface area contributed by atoms with Gasteiger partial charge >= 0.3 is 0 Å². The second-order valence-electron chi connectivity index (χ2n) is 4.75. The molecule has 6 heteroatoms. The second kappa shape index (κ2) is 9.85. The maximum absolute atomic E-state index is 11.7. The van der Waals surface area contributed by atoms with E-state index in [0.29, 0.717) is 17.3 Å². The van der Waals surface area contributed by atoms with E-state index >= 15 is 0 Å². The highest BCUT2D eigenvalue weighted by Crippen LogP contribution is 2.27. The molecule has 0 aromatic heterocycles. The highest BCUT2D eigenvalue weighted by molar-refractivity contribution is 9.10. The van der Waals surface area contributed by atoms with Gasteiger partial charge in [-0.1, -0.05) is 57.9 Å². The van der Waals surface area contributed by atoms with Crippen molar-refractivity contribution < 1.29 is 9.53 Å². The fraction of sp³-hybridized carbons (Fsp3) is 0.235. The van der Waals surface area contributed by atoms with Gasteiger partial charge in [0.15, 0.2) is 6.61 Å². The molecule has 23 heavy (non-hydrogen) atoms. The number of hydrogen-bond donors (Lipinski definition) is 1. The van der Waals surface area contributed by atoms with Crippen molar-refractivity contribution in [1.29, 1.82) is 0 Å². The Morgan fingerprint density at radius 3 is 2.74 bits per heavy atom. The van der Waals surface area contributed by atoms with E-state index in [0.717, 1.165) is 16.0 Å². The fourth-order valence-corrected chi connectivity index (χ4v) is 3.36. The minimum atomic E-state index is -0.149. The molecule has 1 N–H and O–H groups in total. The molecule has 0 unspecified atom stereocenters. The van der Waals surface area contributed by atoms with Crippen LogP contribution in [0.25, 0.3) is 0 Å². The Morgan fingerprint density at radius 1 is 1.22 bits per heavy atom. The van der Waals surface area contributed by atoms with Gasteiger partial charge in [0, 0.05) is 22.5 Å². The van der Waals surface area contributed by atoms with E-state index in [1.54, 1.807) is 23.9 Å². The Balaban J connectivity index is 1.60. The van der Waals surface area contributed by atoms with Gasteiger partial charge in [0.25, 0.3) is 5.91 Å². The Bertz CT molecular complexity index is 640. The van der Waals surface area contributed by atoms with Gasteiger partial charge in [0.2, 0.25) is 0 Å². The van der Waals surface area contributed by atoms with Crippen LogP contribution >= 0.6 is 39.3 Å². The van der Waals surface area contributed by atoms with Crippen LogP contribution in [0.1, 0.15) is 5.56 Å². The van der Waals surface area contributed by atoms with Crippen LogP contribution in [0.4, 0.5) is 0 Å². The molecule has 2 rings (SSSR count). The molecule has 0 saturated carbocycles. The lowest BCUT2D eigenvalue weighted by atomic mass is 10.2. The third kappa shape index (κ3) is 6.85. The molecule has 2 aromatic rings. The smallest absolute Gasteiger partial charge is 0.257 e. The van der Waals surface area contributed by atoms with Crippen molar-refractivity contribution in [3.8, 4) is 5.75 Å². The Hall–Kier alpha value is -1.17. The summed E-state index contributed by atoms with van der Waals surface area (Å²) in [5.74, 6) is 2.16. The van der Waals surface area contributed by atoms with E-state index in [9.17, 15) is 4.79 Å². The standard InChI is InChI=1S/C17H17BrClNO2S/c18-14-6-7-16(15(19)10-14)22-11-17(21)20-8-9-23-12-13-4-2-1-3-5-13/h1-7,10H,8-9,11-12H2,(H,20,21). The average molecular weight is 415 g/mol. The average Bonchev–Trinajstić information content (AvgIpc) is 2.54. The number of rotatable bonds is 8. The summed E-state index contributed by atoms with van der Waals surface area (Å²) in [6.45, 7) is 0.582. The Kier molecular flexibility index (Phi) is 7.79. The molecule has 0 atom stereocenters. The van der Waals surface area contributed by atoms with Crippen molar-refractivity contribution in [1.82, 2.24) is 5.32 Å². The number of amides is 1. The molecule has 2 aromatic carbocycles. The SMILES string of the molecule is O=C(COc1ccc(Br)cc1Cl)NCCSCc1ccccc1. The molecule has 1 amide bonds. The van der Waals surface area contributed by atoms with Gasteiger partial charge in [0.05, 0.1) is 5.02 Å². The van der Waals surface area contributed by atoms with E-state index in [4.69, 9.17) is 16.3 Å². The van der Waals surface area contributed by atoms with Crippen LogP contribution in [0.2, 0.25) is 5.02 Å². The number of ether oxygens (including phenoxy) is 1. The number of carbonyl (C=O) groups is 1. The Labute approximate surface area is 153 Å². The number of thioether (sulfide) groups is 1. The first-order valence-electron chi connectivity index (χ1n) is 7.11. The molecule has 0 bridgehead atoms. The van der Waals surface area contributed by atoms with Gasteiger partial charge in [-0.15, -0.1) is 0 Å². The summed E-state index contributed by atoms with van der Waals surface area (Å²) in [4.78, 5) is 11.7. The molecular formula is C17H17BrClNO2S. The van der Waals surface area contributed by atoms with Crippen molar-refractivity contribution in [3.63, 3.8) is 0 Å². The van der Waals surface area contributed by atoms with Crippen LogP contribution in [0.3, 0.4) is 0 Å². The molecule has 3 nitrogen and oxygen atoms in total. The fourth-order valence-electron chi connectivity index (χ4n) is 1.81. The Morgan fingerprint density at radius 2 is 2.00 bits per heavy atom. The normalized spacial score (nSPS) is 10.3. The largest absolute Gasteiger partial charge is 0.482 e. The van der Waals surface area contributed by atoms with Gasteiger partial charge < -0.3 is 10.1 Å². The highest BCUT2D eigenvalue weighted by Gasteiger charge is 2.06. The highest BCUT2D eigenvalue weighted by atomic mass is 79.9. The maximum atomic E-state index is 11.7. The molecule has 0 spiro atoms. The summed E-state index contributed by atoms with van der Waals surface area (Å²) in [7, 11) is 0. The summed E-state index contributed by atoms with van der Waals surface area (Å²) in [5, 5.41) is 3.31. The zero-order chi connectivity index (χ0) is 16.5. The van der Waals surface area contributed by atoms with E-state index in [1.165, 1.54) is 5.56 Å². The van der Waals surface area contributed by atoms with Crippen LogP contribution in [-0.4, -0.2) is 24.8 Å². The number of benzene rings is 2. The van der Waals surface area contributed by atoms with Crippen molar-refractivity contribution >= 4 is 45.2 Å². The minimum Gasteiger partial charge on any atom is -0.482 e. The predicted octanol–water partition coefficient (Wildman–Crippen LogP) is 4.53. The second-order valence-corrected chi connectivity index (χ2v) is 7.18. The predicted molar refractivity (Wildman–Crippen MR) is 100 cm³/mol. The molecule has 0 aliphatic carbocycles. The first kappa shape index (κ1) is 18.2. The van der Waals surface area contributed by atoms with E-state index < -0.39 is 0 Å². The number of halogens is 2. The van der Waals surface area contributed by atoms with Gasteiger partial charge in [0.1, 0.15) is 5.75 Å². The van der Waals surface area contributed by atoms with Crippen molar-refractivity contribution in [3.05, 3.63) is 63.6 Å². The number of hydrogen-bond acceptors (Lipinski definition) is 3. The third-order valence-electron chi connectivity index (χ3n) is 2.93. The maximum Gasteiger partial charge on any atom is 0.257 e. The lowest BCUT2D eigenvalue weighted by Crippen LogP contribution is -2.30. The van der Waals surface area contributed by atoms with E-state index in [1.807, 2.05) is 24.3 Å². The summed E-state index contributed by atoms with van der Waals surface area (Å²) in [6, 6.07) is 15.5. The van der Waals surface area contributed by atoms with E-state index in [-0.39, 0.29) is 12.5 Å². The van der Waals surface area contributed by atoms with Crippen LogP contribution < -0.4 is 10.1 Å². The summed E-state index contributed by atoms with van der Waals surface area (Å²) in [6.07, 6.45) is 0. The number of carbonyl (C=O) groups excluding carboxylic acids is 1. The van der Waals surface area contributed by atoms with Crippen molar-refractivity contribution in [2.75, 3.05) is 18.9 Å². The van der Waals surface area contributed by atoms with Crippen molar-refractivity contribution in [2.24, 2.45) is 0 Å². The molecule has 0 aliphatic heterocycles. The third-order valence-corrected chi connectivity index (χ3v) is 4.75. The van der Waals surface area contributed by atoms with Crippen molar-refractivity contribution in [2.45, 2.75) is 5.75 Å². The lowest BCUT2D eigenvalue weighted by molar-refractivity contribution is -0.122.